The smallest absolute Gasteiger partial charge is 0.407 e. The van der Waals surface area contributed by atoms with E-state index in [-0.39, 0.29) is 18.1 Å². The van der Waals surface area contributed by atoms with Gasteiger partial charge in [-0.2, -0.15) is 4.98 Å². The summed E-state index contributed by atoms with van der Waals surface area (Å²) < 4.78 is 16.4. The standard InChI is InChI=1S/C19H25N7O4/c1-2-29-19(27)23-13-7-14(8-13)30-16-9-15(12-10-21-17(20)22-11-12)24-18(25-16)26-3-5-28-6-4-26/h9-11,13-14H,2-8H2,1H3,(H,23,27)(H2,20,21,22)/t13-,14-. The lowest BCUT2D eigenvalue weighted by molar-refractivity contribution is 0.0737. The largest absolute Gasteiger partial charge is 0.474 e. The van der Waals surface area contributed by atoms with Gasteiger partial charge in [0.05, 0.1) is 25.5 Å². The Morgan fingerprint density at radius 2 is 2.00 bits per heavy atom. The minimum absolute atomic E-state index is 0.0413. The molecule has 160 valence electrons. The Labute approximate surface area is 174 Å². The maximum atomic E-state index is 11.5. The van der Waals surface area contributed by atoms with Crippen molar-refractivity contribution in [2.75, 3.05) is 43.5 Å². The van der Waals surface area contributed by atoms with Gasteiger partial charge < -0.3 is 30.2 Å². The van der Waals surface area contributed by atoms with Crippen LogP contribution >= 0.6 is 0 Å². The predicted octanol–water partition coefficient (Wildman–Crippen LogP) is 1.01. The van der Waals surface area contributed by atoms with Gasteiger partial charge in [0.1, 0.15) is 6.10 Å². The number of nitrogen functional groups attached to an aromatic ring is 1. The maximum absolute atomic E-state index is 11.5. The van der Waals surface area contributed by atoms with Crippen LogP contribution in [0.25, 0.3) is 11.3 Å². The molecule has 4 rings (SSSR count). The van der Waals surface area contributed by atoms with Crippen molar-refractivity contribution < 1.29 is 19.0 Å². The Balaban J connectivity index is 1.48. The summed E-state index contributed by atoms with van der Waals surface area (Å²) >= 11 is 0. The highest BCUT2D eigenvalue weighted by Gasteiger charge is 2.33. The van der Waals surface area contributed by atoms with Gasteiger partial charge in [0.2, 0.25) is 17.8 Å². The summed E-state index contributed by atoms with van der Waals surface area (Å²) in [4.78, 5) is 30.9. The molecule has 1 saturated carbocycles. The molecule has 2 aromatic rings. The first-order valence-corrected chi connectivity index (χ1v) is 10.0. The van der Waals surface area contributed by atoms with Gasteiger partial charge >= 0.3 is 6.09 Å². The molecule has 1 aliphatic carbocycles. The van der Waals surface area contributed by atoms with Crippen LogP contribution < -0.4 is 20.7 Å². The Morgan fingerprint density at radius 3 is 2.70 bits per heavy atom. The summed E-state index contributed by atoms with van der Waals surface area (Å²) in [5.41, 5.74) is 6.98. The van der Waals surface area contributed by atoms with Gasteiger partial charge in [-0.1, -0.05) is 0 Å². The van der Waals surface area contributed by atoms with Crippen molar-refractivity contribution in [3.05, 3.63) is 18.5 Å². The van der Waals surface area contributed by atoms with Gasteiger partial charge in [-0.3, -0.25) is 0 Å². The van der Waals surface area contributed by atoms with E-state index >= 15 is 0 Å². The van der Waals surface area contributed by atoms with Crippen molar-refractivity contribution >= 4 is 18.0 Å². The van der Waals surface area contributed by atoms with Gasteiger partial charge in [-0.15, -0.1) is 0 Å². The number of carbonyl (C=O) groups excluding carboxylic acids is 1. The molecular formula is C19H25N7O4. The normalized spacial score (nSPS) is 20.9. The molecule has 0 aromatic carbocycles. The average Bonchev–Trinajstić information content (AvgIpc) is 2.73. The molecule has 0 unspecified atom stereocenters. The lowest BCUT2D eigenvalue weighted by Gasteiger charge is -2.35. The first-order chi connectivity index (χ1) is 14.6. The number of rotatable bonds is 6. The van der Waals surface area contributed by atoms with Crippen molar-refractivity contribution in [1.82, 2.24) is 25.3 Å². The van der Waals surface area contributed by atoms with Crippen molar-refractivity contribution in [3.63, 3.8) is 0 Å². The van der Waals surface area contributed by atoms with Gasteiger partial charge in [-0.25, -0.2) is 19.7 Å². The SMILES string of the molecule is CCOC(=O)N[C@H]1C[C@H](Oc2cc(-c3cnc(N)nc3)nc(N3CCOCC3)n2)C1. The molecule has 3 N–H and O–H groups in total. The lowest BCUT2D eigenvalue weighted by atomic mass is 9.89. The summed E-state index contributed by atoms with van der Waals surface area (Å²) in [5, 5.41) is 2.81. The van der Waals surface area contributed by atoms with Crippen molar-refractivity contribution in [2.45, 2.75) is 31.9 Å². The minimum Gasteiger partial charge on any atom is -0.474 e. The Hall–Kier alpha value is -3.21. The highest BCUT2D eigenvalue weighted by Crippen LogP contribution is 2.29. The van der Waals surface area contributed by atoms with E-state index in [0.717, 1.165) is 5.56 Å². The van der Waals surface area contributed by atoms with Crippen LogP contribution in [-0.4, -0.2) is 71.1 Å². The minimum atomic E-state index is -0.400. The monoisotopic (exact) mass is 415 g/mol. The number of nitrogens with zero attached hydrogens (tertiary/aromatic N) is 5. The number of morpholine rings is 1. The van der Waals surface area contributed by atoms with Crippen molar-refractivity contribution in [2.24, 2.45) is 0 Å². The molecule has 2 fully saturated rings. The third kappa shape index (κ3) is 4.85. The Bertz CT molecular complexity index is 868. The highest BCUT2D eigenvalue weighted by atomic mass is 16.5. The van der Waals surface area contributed by atoms with E-state index in [4.69, 9.17) is 19.9 Å². The van der Waals surface area contributed by atoms with Crippen LogP contribution in [0.15, 0.2) is 18.5 Å². The fraction of sp³-hybridized carbons (Fsp3) is 0.526. The molecule has 3 heterocycles. The number of alkyl carbamates (subject to hydrolysis) is 1. The van der Waals surface area contributed by atoms with E-state index in [9.17, 15) is 4.79 Å². The molecule has 30 heavy (non-hydrogen) atoms. The summed E-state index contributed by atoms with van der Waals surface area (Å²) in [6, 6.07) is 1.81. The molecule has 0 spiro atoms. The van der Waals surface area contributed by atoms with Crippen LogP contribution in [0.4, 0.5) is 16.7 Å². The summed E-state index contributed by atoms with van der Waals surface area (Å²) in [6.45, 7) is 4.78. The molecule has 0 bridgehead atoms. The number of aromatic nitrogens is 4. The topological polar surface area (TPSA) is 138 Å². The summed E-state index contributed by atoms with van der Waals surface area (Å²) in [6.07, 6.45) is 4.19. The summed E-state index contributed by atoms with van der Waals surface area (Å²) in [7, 11) is 0. The van der Waals surface area contributed by atoms with Gasteiger partial charge in [-0.05, 0) is 6.92 Å². The van der Waals surface area contributed by atoms with E-state index in [1.165, 1.54) is 0 Å². The molecule has 1 aliphatic heterocycles. The van der Waals surface area contributed by atoms with E-state index < -0.39 is 6.09 Å². The zero-order valence-electron chi connectivity index (χ0n) is 16.8. The number of amides is 1. The van der Waals surface area contributed by atoms with Crippen LogP contribution in [0.1, 0.15) is 19.8 Å². The number of carbonyl (C=O) groups is 1. The molecule has 0 atom stereocenters. The molecule has 1 amide bonds. The first kappa shape index (κ1) is 20.1. The fourth-order valence-corrected chi connectivity index (χ4v) is 3.29. The maximum Gasteiger partial charge on any atom is 0.407 e. The second-order valence-corrected chi connectivity index (χ2v) is 7.09. The van der Waals surface area contributed by atoms with Crippen LogP contribution in [0.3, 0.4) is 0 Å². The van der Waals surface area contributed by atoms with Crippen LogP contribution in [-0.2, 0) is 9.47 Å². The quantitative estimate of drug-likeness (QED) is 0.703. The highest BCUT2D eigenvalue weighted by molar-refractivity contribution is 5.67. The molecule has 0 radical (unpaired) electrons. The number of anilines is 2. The Kier molecular flexibility index (Phi) is 6.07. The first-order valence-electron chi connectivity index (χ1n) is 10.0. The second-order valence-electron chi connectivity index (χ2n) is 7.09. The van der Waals surface area contributed by atoms with Crippen LogP contribution in [0.2, 0.25) is 0 Å². The molecule has 1 saturated heterocycles. The molecule has 2 aliphatic rings. The van der Waals surface area contributed by atoms with Gasteiger partial charge in [0, 0.05) is 56.0 Å². The fourth-order valence-electron chi connectivity index (χ4n) is 3.29. The number of ether oxygens (including phenoxy) is 3. The molecule has 2 aromatic heterocycles. The molecule has 11 nitrogen and oxygen atoms in total. The predicted molar refractivity (Wildman–Crippen MR) is 108 cm³/mol. The lowest BCUT2D eigenvalue weighted by Crippen LogP contribution is -2.49. The molecule has 11 heteroatoms. The number of nitrogens with two attached hydrogens (primary N) is 1. The van der Waals surface area contributed by atoms with Crippen LogP contribution in [0, 0.1) is 0 Å². The van der Waals surface area contributed by atoms with Gasteiger partial charge in [0.25, 0.3) is 0 Å². The zero-order valence-corrected chi connectivity index (χ0v) is 16.8. The number of hydrogen-bond acceptors (Lipinski definition) is 10. The number of hydrogen-bond donors (Lipinski definition) is 2. The van der Waals surface area contributed by atoms with E-state index in [0.29, 0.717) is 63.3 Å². The number of nitrogens with one attached hydrogen (secondary N) is 1. The van der Waals surface area contributed by atoms with Crippen molar-refractivity contribution in [3.8, 4) is 17.1 Å². The van der Waals surface area contributed by atoms with E-state index in [1.54, 1.807) is 25.4 Å². The summed E-state index contributed by atoms with van der Waals surface area (Å²) in [5.74, 6) is 1.24. The van der Waals surface area contributed by atoms with E-state index in [2.05, 4.69) is 30.2 Å². The Morgan fingerprint density at radius 1 is 1.27 bits per heavy atom. The second kappa shape index (κ2) is 9.08. The van der Waals surface area contributed by atoms with Gasteiger partial charge in [0.15, 0.2) is 0 Å². The zero-order chi connectivity index (χ0) is 20.9. The van der Waals surface area contributed by atoms with Crippen LogP contribution in [0.5, 0.6) is 5.88 Å². The molecular weight excluding hydrogens is 390 g/mol. The third-order valence-corrected chi connectivity index (χ3v) is 4.93. The van der Waals surface area contributed by atoms with E-state index in [1.807, 2.05) is 0 Å². The third-order valence-electron chi connectivity index (χ3n) is 4.93. The average molecular weight is 415 g/mol. The van der Waals surface area contributed by atoms with Crippen molar-refractivity contribution in [1.29, 1.82) is 0 Å².